The molecular formula is C14H21FN2O3S. The Morgan fingerprint density at radius 3 is 2.90 bits per heavy atom. The smallest absolute Gasteiger partial charge is 0.208 e. The average molecular weight is 316 g/mol. The van der Waals surface area contributed by atoms with Crippen molar-refractivity contribution in [2.45, 2.75) is 19.1 Å². The Morgan fingerprint density at radius 2 is 2.19 bits per heavy atom. The van der Waals surface area contributed by atoms with Gasteiger partial charge < -0.3 is 4.74 Å². The predicted molar refractivity (Wildman–Crippen MR) is 78.9 cm³/mol. The first-order valence-corrected chi connectivity index (χ1v) is 8.85. The van der Waals surface area contributed by atoms with Crippen molar-refractivity contribution < 1.29 is 17.5 Å². The summed E-state index contributed by atoms with van der Waals surface area (Å²) in [5, 5.41) is 0. The fourth-order valence-electron chi connectivity index (χ4n) is 2.37. The van der Waals surface area contributed by atoms with Gasteiger partial charge in [0.25, 0.3) is 0 Å². The van der Waals surface area contributed by atoms with Crippen LogP contribution in [0.4, 0.5) is 4.39 Å². The number of sulfonamides is 1. The lowest BCUT2D eigenvalue weighted by Crippen LogP contribution is -2.43. The molecule has 1 aromatic rings. The fraction of sp³-hybridized carbons (Fsp3) is 0.571. The minimum absolute atomic E-state index is 0.0280. The third-order valence-electron chi connectivity index (χ3n) is 3.41. The molecule has 1 aromatic carbocycles. The maximum atomic E-state index is 13.6. The van der Waals surface area contributed by atoms with Gasteiger partial charge in [-0.3, -0.25) is 4.90 Å². The van der Waals surface area contributed by atoms with Gasteiger partial charge in [-0.05, 0) is 12.5 Å². The number of halogens is 1. The van der Waals surface area contributed by atoms with Crippen LogP contribution in [-0.2, 0) is 21.3 Å². The summed E-state index contributed by atoms with van der Waals surface area (Å²) in [4.78, 5) is 2.13. The first-order chi connectivity index (χ1) is 9.94. The van der Waals surface area contributed by atoms with Crippen LogP contribution < -0.4 is 4.72 Å². The molecule has 0 amide bonds. The van der Waals surface area contributed by atoms with Crippen LogP contribution in [0.3, 0.4) is 0 Å². The summed E-state index contributed by atoms with van der Waals surface area (Å²) in [6.07, 6.45) is 1.72. The van der Waals surface area contributed by atoms with Crippen LogP contribution in [0.15, 0.2) is 24.3 Å². The lowest BCUT2D eigenvalue weighted by Gasteiger charge is -2.33. The molecule has 0 spiro atoms. The van der Waals surface area contributed by atoms with E-state index in [-0.39, 0.29) is 11.9 Å². The monoisotopic (exact) mass is 316 g/mol. The fourth-order valence-corrected chi connectivity index (χ4v) is 2.86. The van der Waals surface area contributed by atoms with Crippen molar-refractivity contribution in [1.29, 1.82) is 0 Å². The zero-order chi connectivity index (χ0) is 15.3. The van der Waals surface area contributed by atoms with E-state index in [0.29, 0.717) is 38.2 Å². The maximum absolute atomic E-state index is 13.6. The van der Waals surface area contributed by atoms with E-state index in [1.54, 1.807) is 12.1 Å². The lowest BCUT2D eigenvalue weighted by atomic mass is 10.1. The van der Waals surface area contributed by atoms with Crippen LogP contribution in [0.25, 0.3) is 0 Å². The molecule has 1 aliphatic rings. The van der Waals surface area contributed by atoms with Gasteiger partial charge in [0, 0.05) is 31.7 Å². The highest BCUT2D eigenvalue weighted by molar-refractivity contribution is 7.88. The van der Waals surface area contributed by atoms with Gasteiger partial charge in [-0.15, -0.1) is 0 Å². The Labute approximate surface area is 125 Å². The third-order valence-corrected chi connectivity index (χ3v) is 4.13. The highest BCUT2D eigenvalue weighted by Crippen LogP contribution is 2.14. The molecule has 1 saturated heterocycles. The van der Waals surface area contributed by atoms with Gasteiger partial charge in [-0.2, -0.15) is 0 Å². The van der Waals surface area contributed by atoms with E-state index in [0.717, 1.165) is 12.8 Å². The van der Waals surface area contributed by atoms with Crippen LogP contribution in [0, 0.1) is 5.82 Å². The molecule has 0 radical (unpaired) electrons. The molecule has 1 atom stereocenters. The first-order valence-electron chi connectivity index (χ1n) is 6.96. The molecule has 0 saturated carbocycles. The minimum Gasteiger partial charge on any atom is -0.376 e. The van der Waals surface area contributed by atoms with E-state index in [1.807, 2.05) is 6.07 Å². The zero-order valence-corrected chi connectivity index (χ0v) is 12.9. The number of rotatable bonds is 6. The number of benzene rings is 1. The molecule has 2 rings (SSSR count). The van der Waals surface area contributed by atoms with Crippen LogP contribution in [0.1, 0.15) is 12.0 Å². The van der Waals surface area contributed by atoms with Crippen molar-refractivity contribution in [2.75, 3.05) is 32.5 Å². The molecule has 1 N–H and O–H groups in total. The van der Waals surface area contributed by atoms with Gasteiger partial charge in [-0.25, -0.2) is 17.5 Å². The molecular weight excluding hydrogens is 295 g/mol. The second-order valence-electron chi connectivity index (χ2n) is 5.27. The van der Waals surface area contributed by atoms with Crippen molar-refractivity contribution in [2.24, 2.45) is 0 Å². The molecule has 7 heteroatoms. The topological polar surface area (TPSA) is 58.6 Å². The molecule has 0 aliphatic carbocycles. The van der Waals surface area contributed by atoms with E-state index in [4.69, 9.17) is 4.74 Å². The van der Waals surface area contributed by atoms with Crippen molar-refractivity contribution in [1.82, 2.24) is 9.62 Å². The van der Waals surface area contributed by atoms with Crippen LogP contribution in [0.2, 0.25) is 0 Å². The minimum atomic E-state index is -3.16. The Morgan fingerprint density at radius 1 is 1.43 bits per heavy atom. The Balaban J connectivity index is 1.82. The summed E-state index contributed by atoms with van der Waals surface area (Å²) >= 11 is 0. The second-order valence-corrected chi connectivity index (χ2v) is 7.11. The number of nitrogens with zero attached hydrogens (tertiary/aromatic N) is 1. The molecule has 1 fully saturated rings. The summed E-state index contributed by atoms with van der Waals surface area (Å²) in [7, 11) is -3.16. The second kappa shape index (κ2) is 7.31. The van der Waals surface area contributed by atoms with E-state index >= 15 is 0 Å². The average Bonchev–Trinajstić information content (AvgIpc) is 2.40. The highest BCUT2D eigenvalue weighted by Gasteiger charge is 2.21. The predicted octanol–water partition coefficient (Wildman–Crippen LogP) is 0.966. The molecule has 0 bridgehead atoms. The summed E-state index contributed by atoms with van der Waals surface area (Å²) in [6, 6.07) is 6.75. The maximum Gasteiger partial charge on any atom is 0.208 e. The highest BCUT2D eigenvalue weighted by atomic mass is 32.2. The molecule has 1 heterocycles. The number of hydrogen-bond donors (Lipinski definition) is 1. The summed E-state index contributed by atoms with van der Waals surface area (Å²) in [5.41, 5.74) is 0.674. The number of ether oxygens (including phenoxy) is 1. The standard InChI is InChI=1S/C14H21FN2O3S/c1-21(18,19)16-7-6-13-11-17(8-9-20-13)10-12-4-2-3-5-14(12)15/h2-5,13,16H,6-11H2,1H3/t13-/m1/s1. The van der Waals surface area contributed by atoms with Crippen molar-refractivity contribution in [3.63, 3.8) is 0 Å². The van der Waals surface area contributed by atoms with E-state index in [2.05, 4.69) is 9.62 Å². The number of morpholine rings is 1. The van der Waals surface area contributed by atoms with Crippen molar-refractivity contribution in [3.8, 4) is 0 Å². The SMILES string of the molecule is CS(=O)(=O)NCC[C@@H]1CN(Cc2ccccc2F)CCO1. The van der Waals surface area contributed by atoms with E-state index in [1.165, 1.54) is 6.07 Å². The lowest BCUT2D eigenvalue weighted by molar-refractivity contribution is -0.0341. The molecule has 0 aromatic heterocycles. The van der Waals surface area contributed by atoms with Crippen LogP contribution in [0.5, 0.6) is 0 Å². The van der Waals surface area contributed by atoms with Crippen LogP contribution >= 0.6 is 0 Å². The first kappa shape index (κ1) is 16.4. The molecule has 21 heavy (non-hydrogen) atoms. The third kappa shape index (κ3) is 5.70. The van der Waals surface area contributed by atoms with Crippen LogP contribution in [-0.4, -0.2) is 51.9 Å². The molecule has 118 valence electrons. The summed E-state index contributed by atoms with van der Waals surface area (Å²) < 4.78 is 43.7. The van der Waals surface area contributed by atoms with Gasteiger partial charge in [0.2, 0.25) is 10.0 Å². The largest absolute Gasteiger partial charge is 0.376 e. The number of nitrogens with one attached hydrogen (secondary N) is 1. The number of hydrogen-bond acceptors (Lipinski definition) is 4. The van der Waals surface area contributed by atoms with Gasteiger partial charge in [-0.1, -0.05) is 18.2 Å². The van der Waals surface area contributed by atoms with Gasteiger partial charge in [0.05, 0.1) is 19.0 Å². The van der Waals surface area contributed by atoms with Gasteiger partial charge in [0.1, 0.15) is 5.82 Å². The Bertz CT molecular complexity index is 565. The molecule has 0 unspecified atom stereocenters. The van der Waals surface area contributed by atoms with Crippen molar-refractivity contribution in [3.05, 3.63) is 35.6 Å². The molecule has 5 nitrogen and oxygen atoms in total. The summed E-state index contributed by atoms with van der Waals surface area (Å²) in [5.74, 6) is -0.195. The van der Waals surface area contributed by atoms with Crippen molar-refractivity contribution >= 4 is 10.0 Å². The van der Waals surface area contributed by atoms with E-state index in [9.17, 15) is 12.8 Å². The zero-order valence-electron chi connectivity index (χ0n) is 12.1. The van der Waals surface area contributed by atoms with Gasteiger partial charge >= 0.3 is 0 Å². The summed E-state index contributed by atoms with van der Waals surface area (Å²) in [6.45, 7) is 2.92. The Hall–Kier alpha value is -1.02. The van der Waals surface area contributed by atoms with Gasteiger partial charge in [0.15, 0.2) is 0 Å². The Kier molecular flexibility index (Phi) is 5.69. The normalized spacial score (nSPS) is 20.6. The van der Waals surface area contributed by atoms with E-state index < -0.39 is 10.0 Å². The molecule has 1 aliphatic heterocycles. The quantitative estimate of drug-likeness (QED) is 0.849.